The number of ether oxygens (including phenoxy) is 1. The predicted molar refractivity (Wildman–Crippen MR) is 76.0 cm³/mol. The first kappa shape index (κ1) is 12.5. The number of benzene rings is 2. The Hall–Kier alpha value is -1.96. The summed E-state index contributed by atoms with van der Waals surface area (Å²) in [6.07, 6.45) is 0.918. The molecule has 2 aromatic carbocycles. The fraction of sp³-hybridized carbons (Fsp3) is 0.250. The van der Waals surface area contributed by atoms with Gasteiger partial charge in [0.2, 0.25) is 0 Å². The largest absolute Gasteiger partial charge is 0.493 e. The van der Waals surface area contributed by atoms with Crippen LogP contribution in [0.3, 0.4) is 0 Å². The Morgan fingerprint density at radius 2 is 1.89 bits per heavy atom. The maximum absolute atomic E-state index is 5.70. The van der Waals surface area contributed by atoms with Gasteiger partial charge < -0.3 is 10.5 Å². The molecule has 0 fully saturated rings. The number of nitrogens with two attached hydrogens (primary N) is 1. The molecule has 0 aliphatic carbocycles. The highest BCUT2D eigenvalue weighted by atomic mass is 16.5. The van der Waals surface area contributed by atoms with E-state index in [1.807, 2.05) is 24.3 Å². The van der Waals surface area contributed by atoms with Gasteiger partial charge in [-0.15, -0.1) is 0 Å². The number of hydrogen-bond acceptors (Lipinski definition) is 2. The van der Waals surface area contributed by atoms with E-state index in [4.69, 9.17) is 10.5 Å². The molecule has 0 unspecified atom stereocenters. The van der Waals surface area contributed by atoms with E-state index in [1.54, 1.807) is 0 Å². The molecular formula is C16H19NO. The van der Waals surface area contributed by atoms with Crippen LogP contribution in [-0.4, -0.2) is 6.61 Å². The van der Waals surface area contributed by atoms with Crippen molar-refractivity contribution in [1.29, 1.82) is 0 Å². The molecule has 0 aromatic heterocycles. The topological polar surface area (TPSA) is 35.2 Å². The fourth-order valence-corrected chi connectivity index (χ4v) is 2.01. The zero-order chi connectivity index (χ0) is 13.0. The zero-order valence-corrected chi connectivity index (χ0v) is 10.9. The molecule has 2 nitrogen and oxygen atoms in total. The highest BCUT2D eigenvalue weighted by molar-refractivity contribution is 5.43. The third kappa shape index (κ3) is 3.27. The first-order valence-corrected chi connectivity index (χ1v) is 6.19. The second-order valence-corrected chi connectivity index (χ2v) is 4.60. The first-order valence-electron chi connectivity index (χ1n) is 6.19. The lowest BCUT2D eigenvalue weighted by atomic mass is 10.0. The number of aryl methyl sites for hydroxylation is 2. The van der Waals surface area contributed by atoms with Gasteiger partial charge in [0.05, 0.1) is 6.61 Å². The van der Waals surface area contributed by atoms with Crippen LogP contribution in [0.2, 0.25) is 0 Å². The Kier molecular flexibility index (Phi) is 3.88. The van der Waals surface area contributed by atoms with E-state index in [1.165, 1.54) is 16.7 Å². The molecule has 94 valence electrons. The third-order valence-electron chi connectivity index (χ3n) is 3.00. The van der Waals surface area contributed by atoms with Gasteiger partial charge in [-0.2, -0.15) is 0 Å². The van der Waals surface area contributed by atoms with E-state index in [2.05, 4.69) is 32.0 Å². The van der Waals surface area contributed by atoms with Crippen LogP contribution in [0.5, 0.6) is 5.75 Å². The van der Waals surface area contributed by atoms with E-state index in [-0.39, 0.29) is 0 Å². The van der Waals surface area contributed by atoms with Gasteiger partial charge in [-0.3, -0.25) is 0 Å². The molecule has 0 amide bonds. The summed E-state index contributed by atoms with van der Waals surface area (Å²) in [4.78, 5) is 0. The van der Waals surface area contributed by atoms with Crippen LogP contribution in [0.25, 0.3) is 0 Å². The lowest BCUT2D eigenvalue weighted by Gasteiger charge is -2.09. The van der Waals surface area contributed by atoms with Crippen LogP contribution in [0, 0.1) is 13.8 Å². The highest BCUT2D eigenvalue weighted by Crippen LogP contribution is 2.16. The first-order chi connectivity index (χ1) is 8.65. The lowest BCUT2D eigenvalue weighted by molar-refractivity contribution is 0.322. The number of rotatable bonds is 4. The number of anilines is 1. The summed E-state index contributed by atoms with van der Waals surface area (Å²) in [7, 11) is 0. The molecule has 0 spiro atoms. The average molecular weight is 241 g/mol. The summed E-state index contributed by atoms with van der Waals surface area (Å²) >= 11 is 0. The standard InChI is InChI=1S/C16H19NO/c1-12-6-7-14(13(2)10-12)8-9-18-16-5-3-4-15(17)11-16/h3-7,10-11H,8-9,17H2,1-2H3. The third-order valence-corrected chi connectivity index (χ3v) is 3.00. The summed E-state index contributed by atoms with van der Waals surface area (Å²) in [5, 5.41) is 0. The maximum Gasteiger partial charge on any atom is 0.121 e. The number of hydrogen-bond donors (Lipinski definition) is 1. The minimum absolute atomic E-state index is 0.674. The van der Waals surface area contributed by atoms with Crippen molar-refractivity contribution >= 4 is 5.69 Å². The van der Waals surface area contributed by atoms with E-state index in [0.29, 0.717) is 6.61 Å². The van der Waals surface area contributed by atoms with Crippen LogP contribution in [0.15, 0.2) is 42.5 Å². The molecule has 0 aliphatic rings. The molecular weight excluding hydrogens is 222 g/mol. The van der Waals surface area contributed by atoms with Crippen LogP contribution >= 0.6 is 0 Å². The Morgan fingerprint density at radius 1 is 1.06 bits per heavy atom. The van der Waals surface area contributed by atoms with Crippen molar-refractivity contribution in [3.8, 4) is 5.75 Å². The second-order valence-electron chi connectivity index (χ2n) is 4.60. The zero-order valence-electron chi connectivity index (χ0n) is 10.9. The quantitative estimate of drug-likeness (QED) is 0.831. The second kappa shape index (κ2) is 5.58. The molecule has 2 heteroatoms. The van der Waals surface area contributed by atoms with Crippen molar-refractivity contribution in [2.45, 2.75) is 20.3 Å². The summed E-state index contributed by atoms with van der Waals surface area (Å²) in [6, 6.07) is 14.1. The van der Waals surface area contributed by atoms with Crippen LogP contribution < -0.4 is 10.5 Å². The Morgan fingerprint density at radius 3 is 2.61 bits per heavy atom. The summed E-state index contributed by atoms with van der Waals surface area (Å²) in [5.74, 6) is 0.833. The van der Waals surface area contributed by atoms with Gasteiger partial charge in [-0.25, -0.2) is 0 Å². The molecule has 0 atom stereocenters. The van der Waals surface area contributed by atoms with E-state index in [0.717, 1.165) is 17.9 Å². The van der Waals surface area contributed by atoms with E-state index in [9.17, 15) is 0 Å². The van der Waals surface area contributed by atoms with E-state index >= 15 is 0 Å². The summed E-state index contributed by atoms with van der Waals surface area (Å²) < 4.78 is 5.70. The normalized spacial score (nSPS) is 10.3. The minimum Gasteiger partial charge on any atom is -0.493 e. The fourth-order valence-electron chi connectivity index (χ4n) is 2.01. The van der Waals surface area contributed by atoms with Crippen LogP contribution in [0.4, 0.5) is 5.69 Å². The maximum atomic E-state index is 5.70. The minimum atomic E-state index is 0.674. The van der Waals surface area contributed by atoms with Crippen molar-refractivity contribution in [3.05, 3.63) is 59.2 Å². The van der Waals surface area contributed by atoms with Crippen LogP contribution in [-0.2, 0) is 6.42 Å². The molecule has 0 heterocycles. The van der Waals surface area contributed by atoms with Crippen molar-refractivity contribution < 1.29 is 4.74 Å². The average Bonchev–Trinajstić information content (AvgIpc) is 2.32. The van der Waals surface area contributed by atoms with Gasteiger partial charge in [0, 0.05) is 18.2 Å². The van der Waals surface area contributed by atoms with Crippen molar-refractivity contribution in [1.82, 2.24) is 0 Å². The summed E-state index contributed by atoms with van der Waals surface area (Å²) in [5.41, 5.74) is 10.4. The molecule has 2 rings (SSSR count). The molecule has 0 aliphatic heterocycles. The molecule has 2 N–H and O–H groups in total. The predicted octanol–water partition coefficient (Wildman–Crippen LogP) is 3.51. The Balaban J connectivity index is 1.92. The Bertz CT molecular complexity index is 534. The molecule has 2 aromatic rings. The highest BCUT2D eigenvalue weighted by Gasteiger charge is 2.00. The lowest BCUT2D eigenvalue weighted by Crippen LogP contribution is -2.03. The molecule has 0 saturated carbocycles. The summed E-state index contributed by atoms with van der Waals surface area (Å²) in [6.45, 7) is 4.93. The van der Waals surface area contributed by atoms with Crippen LogP contribution in [0.1, 0.15) is 16.7 Å². The smallest absolute Gasteiger partial charge is 0.121 e. The van der Waals surface area contributed by atoms with Gasteiger partial charge in [-0.05, 0) is 37.1 Å². The van der Waals surface area contributed by atoms with Gasteiger partial charge in [0.1, 0.15) is 5.75 Å². The van der Waals surface area contributed by atoms with Gasteiger partial charge in [0.25, 0.3) is 0 Å². The number of nitrogen functional groups attached to an aromatic ring is 1. The van der Waals surface area contributed by atoms with Crippen molar-refractivity contribution in [3.63, 3.8) is 0 Å². The van der Waals surface area contributed by atoms with Gasteiger partial charge in [-0.1, -0.05) is 29.8 Å². The van der Waals surface area contributed by atoms with Gasteiger partial charge in [0.15, 0.2) is 0 Å². The molecule has 18 heavy (non-hydrogen) atoms. The molecule has 0 radical (unpaired) electrons. The van der Waals surface area contributed by atoms with Crippen molar-refractivity contribution in [2.75, 3.05) is 12.3 Å². The van der Waals surface area contributed by atoms with E-state index < -0.39 is 0 Å². The van der Waals surface area contributed by atoms with Gasteiger partial charge >= 0.3 is 0 Å². The molecule has 0 bridgehead atoms. The molecule has 0 saturated heterocycles. The Labute approximate surface area is 108 Å². The van der Waals surface area contributed by atoms with Crippen molar-refractivity contribution in [2.24, 2.45) is 0 Å². The SMILES string of the molecule is Cc1ccc(CCOc2cccc(N)c2)c(C)c1. The monoisotopic (exact) mass is 241 g/mol.